The first kappa shape index (κ1) is 20.6. The molecule has 7 heteroatoms. The van der Waals surface area contributed by atoms with Crippen LogP contribution in [0.3, 0.4) is 0 Å². The fraction of sp³-hybridized carbons (Fsp3) is 0.333. The normalized spacial score (nSPS) is 14.4. The van der Waals surface area contributed by atoms with Crippen molar-refractivity contribution in [2.75, 3.05) is 17.2 Å². The lowest BCUT2D eigenvalue weighted by Gasteiger charge is -2.21. The number of anilines is 2. The molecule has 0 atom stereocenters. The fourth-order valence-electron chi connectivity index (χ4n) is 3.18. The average molecular weight is 496 g/mol. The van der Waals surface area contributed by atoms with Gasteiger partial charge in [0.05, 0.1) is 5.69 Å². The lowest BCUT2D eigenvalue weighted by atomic mass is 9.88. The molecule has 0 spiro atoms. The minimum atomic E-state index is -0.530. The van der Waals surface area contributed by atoms with Gasteiger partial charge in [0.2, 0.25) is 5.91 Å². The van der Waals surface area contributed by atoms with Gasteiger partial charge in [-0.05, 0) is 77.9 Å². The van der Waals surface area contributed by atoms with Crippen molar-refractivity contribution in [3.63, 3.8) is 0 Å². The molecule has 148 valence electrons. The summed E-state index contributed by atoms with van der Waals surface area (Å²) in [5.74, 6) is -0.542. The second-order valence-electron chi connectivity index (χ2n) is 6.81. The molecule has 2 aromatic carbocycles. The number of halogens is 2. The van der Waals surface area contributed by atoms with Gasteiger partial charge >= 0.3 is 0 Å². The molecule has 0 aliphatic heterocycles. The Balaban J connectivity index is 1.56. The van der Waals surface area contributed by atoms with E-state index in [0.29, 0.717) is 11.4 Å². The van der Waals surface area contributed by atoms with Crippen LogP contribution in [0.5, 0.6) is 5.75 Å². The Bertz CT molecular complexity index is 836. The zero-order valence-corrected chi connectivity index (χ0v) is 17.5. The van der Waals surface area contributed by atoms with E-state index in [0.717, 1.165) is 35.7 Å². The van der Waals surface area contributed by atoms with Crippen LogP contribution in [-0.2, 0) is 9.59 Å². The molecule has 3 rings (SSSR count). The summed E-state index contributed by atoms with van der Waals surface area (Å²) in [6, 6.07) is 11.4. The zero-order valence-electron chi connectivity index (χ0n) is 15.3. The molecular weight excluding hydrogens is 474 g/mol. The maximum absolute atomic E-state index is 14.1. The highest BCUT2D eigenvalue weighted by Gasteiger charge is 2.22. The second-order valence-corrected chi connectivity index (χ2v) is 8.06. The first-order valence-electron chi connectivity index (χ1n) is 9.30. The molecule has 1 fully saturated rings. The summed E-state index contributed by atoms with van der Waals surface area (Å²) < 4.78 is 20.6. The Kier molecular flexibility index (Phi) is 7.24. The van der Waals surface area contributed by atoms with Crippen molar-refractivity contribution in [1.29, 1.82) is 0 Å². The van der Waals surface area contributed by atoms with Gasteiger partial charge in [0.1, 0.15) is 11.6 Å². The Labute approximate surface area is 177 Å². The summed E-state index contributed by atoms with van der Waals surface area (Å²) in [4.78, 5) is 24.5. The van der Waals surface area contributed by atoms with Crippen LogP contribution in [0, 0.1) is 15.3 Å². The van der Waals surface area contributed by atoms with Gasteiger partial charge in [0.15, 0.2) is 6.61 Å². The Morgan fingerprint density at radius 3 is 2.46 bits per heavy atom. The number of hydrogen-bond acceptors (Lipinski definition) is 3. The van der Waals surface area contributed by atoms with E-state index >= 15 is 0 Å². The SMILES string of the molecule is O=C(COc1ccc(I)cc1)Nc1ccc(F)c(NC(=O)C2CCCCC2)c1. The predicted molar refractivity (Wildman–Crippen MR) is 115 cm³/mol. The summed E-state index contributed by atoms with van der Waals surface area (Å²) in [7, 11) is 0. The van der Waals surface area contributed by atoms with Crippen molar-refractivity contribution >= 4 is 45.8 Å². The molecule has 28 heavy (non-hydrogen) atoms. The topological polar surface area (TPSA) is 67.4 Å². The Hall–Kier alpha value is -2.16. The third-order valence-electron chi connectivity index (χ3n) is 4.67. The van der Waals surface area contributed by atoms with Crippen LogP contribution in [0.25, 0.3) is 0 Å². The largest absolute Gasteiger partial charge is 0.484 e. The third-order valence-corrected chi connectivity index (χ3v) is 5.39. The van der Waals surface area contributed by atoms with Crippen LogP contribution in [0.15, 0.2) is 42.5 Å². The molecular formula is C21H22FIN2O3. The number of carbonyl (C=O) groups excluding carboxylic acids is 2. The number of amides is 2. The lowest BCUT2D eigenvalue weighted by molar-refractivity contribution is -0.120. The smallest absolute Gasteiger partial charge is 0.262 e. The molecule has 0 unspecified atom stereocenters. The first-order chi connectivity index (χ1) is 13.5. The van der Waals surface area contributed by atoms with Gasteiger partial charge in [0, 0.05) is 15.2 Å². The minimum absolute atomic E-state index is 0.0752. The molecule has 0 radical (unpaired) electrons. The van der Waals surface area contributed by atoms with E-state index in [1.54, 1.807) is 12.1 Å². The molecule has 1 saturated carbocycles. The van der Waals surface area contributed by atoms with Crippen molar-refractivity contribution in [1.82, 2.24) is 0 Å². The molecule has 0 saturated heterocycles. The summed E-state index contributed by atoms with van der Waals surface area (Å²) in [6.07, 6.45) is 4.86. The zero-order chi connectivity index (χ0) is 19.9. The fourth-order valence-corrected chi connectivity index (χ4v) is 3.53. The average Bonchev–Trinajstić information content (AvgIpc) is 2.71. The maximum Gasteiger partial charge on any atom is 0.262 e. The van der Waals surface area contributed by atoms with Crippen LogP contribution in [0.2, 0.25) is 0 Å². The van der Waals surface area contributed by atoms with Crippen molar-refractivity contribution in [3.8, 4) is 5.75 Å². The van der Waals surface area contributed by atoms with E-state index in [4.69, 9.17) is 4.74 Å². The van der Waals surface area contributed by atoms with E-state index in [1.807, 2.05) is 12.1 Å². The van der Waals surface area contributed by atoms with E-state index in [9.17, 15) is 14.0 Å². The highest BCUT2D eigenvalue weighted by Crippen LogP contribution is 2.26. The van der Waals surface area contributed by atoms with Crippen LogP contribution in [0.4, 0.5) is 15.8 Å². The van der Waals surface area contributed by atoms with E-state index in [2.05, 4.69) is 33.2 Å². The number of carbonyl (C=O) groups is 2. The van der Waals surface area contributed by atoms with E-state index in [1.165, 1.54) is 18.2 Å². The standard InChI is InChI=1S/C21H22FIN2O3/c22-18-11-8-16(12-19(18)25-21(27)14-4-2-1-3-5-14)24-20(26)13-28-17-9-6-15(23)7-10-17/h6-12,14H,1-5,13H2,(H,24,26)(H,25,27). The van der Waals surface area contributed by atoms with Crippen molar-refractivity contribution < 1.29 is 18.7 Å². The van der Waals surface area contributed by atoms with Gasteiger partial charge in [-0.15, -0.1) is 0 Å². The molecule has 1 aliphatic carbocycles. The minimum Gasteiger partial charge on any atom is -0.484 e. The van der Waals surface area contributed by atoms with Gasteiger partial charge in [-0.2, -0.15) is 0 Å². The number of ether oxygens (including phenoxy) is 1. The molecule has 0 bridgehead atoms. The molecule has 2 aromatic rings. The van der Waals surface area contributed by atoms with Gasteiger partial charge in [0.25, 0.3) is 5.91 Å². The molecule has 2 amide bonds. The third kappa shape index (κ3) is 5.92. The van der Waals surface area contributed by atoms with Crippen LogP contribution in [-0.4, -0.2) is 18.4 Å². The van der Waals surface area contributed by atoms with Gasteiger partial charge < -0.3 is 15.4 Å². The second kappa shape index (κ2) is 9.86. The summed E-state index contributed by atoms with van der Waals surface area (Å²) in [5, 5.41) is 5.32. The van der Waals surface area contributed by atoms with Crippen molar-refractivity contribution in [2.24, 2.45) is 5.92 Å². The summed E-state index contributed by atoms with van der Waals surface area (Å²) in [6.45, 7) is -0.165. The highest BCUT2D eigenvalue weighted by molar-refractivity contribution is 14.1. The van der Waals surface area contributed by atoms with Crippen LogP contribution in [0.1, 0.15) is 32.1 Å². The predicted octanol–water partition coefficient (Wildman–Crippen LogP) is 4.97. The monoisotopic (exact) mass is 496 g/mol. The Morgan fingerprint density at radius 2 is 1.75 bits per heavy atom. The number of benzene rings is 2. The molecule has 2 N–H and O–H groups in total. The highest BCUT2D eigenvalue weighted by atomic mass is 127. The van der Waals surface area contributed by atoms with Gasteiger partial charge in [-0.25, -0.2) is 4.39 Å². The van der Waals surface area contributed by atoms with E-state index < -0.39 is 5.82 Å². The molecule has 1 aliphatic rings. The first-order valence-corrected chi connectivity index (χ1v) is 10.4. The number of hydrogen-bond donors (Lipinski definition) is 2. The quantitative estimate of drug-likeness (QED) is 0.556. The van der Waals surface area contributed by atoms with Gasteiger partial charge in [-0.3, -0.25) is 9.59 Å². The number of rotatable bonds is 6. The lowest BCUT2D eigenvalue weighted by Crippen LogP contribution is -2.25. The van der Waals surface area contributed by atoms with Crippen molar-refractivity contribution in [3.05, 3.63) is 51.9 Å². The maximum atomic E-state index is 14.1. The van der Waals surface area contributed by atoms with Crippen molar-refractivity contribution in [2.45, 2.75) is 32.1 Å². The molecule has 0 aromatic heterocycles. The summed E-state index contributed by atoms with van der Waals surface area (Å²) in [5.41, 5.74) is 0.475. The Morgan fingerprint density at radius 1 is 1.04 bits per heavy atom. The van der Waals surface area contributed by atoms with Crippen LogP contribution >= 0.6 is 22.6 Å². The van der Waals surface area contributed by atoms with Gasteiger partial charge in [-0.1, -0.05) is 19.3 Å². The van der Waals surface area contributed by atoms with E-state index in [-0.39, 0.29) is 30.0 Å². The molecule has 5 nitrogen and oxygen atoms in total. The van der Waals surface area contributed by atoms with Crippen LogP contribution < -0.4 is 15.4 Å². The molecule has 0 heterocycles. The number of nitrogens with one attached hydrogen (secondary N) is 2. The summed E-state index contributed by atoms with van der Waals surface area (Å²) >= 11 is 2.19.